The highest BCUT2D eigenvalue weighted by atomic mass is 19.4. The molecular weight excluding hydrogens is 287 g/mol. The second-order valence-electron chi connectivity index (χ2n) is 4.67. The van der Waals surface area contributed by atoms with Crippen LogP contribution in [0.15, 0.2) is 18.2 Å². The first-order valence-corrected chi connectivity index (χ1v) is 6.08. The Bertz CT molecular complexity index is 595. The fraction of sp³-hybridized carbons (Fsp3) is 0.385. The third-order valence-corrected chi connectivity index (χ3v) is 3.19. The van der Waals surface area contributed by atoms with Gasteiger partial charge in [-0.25, -0.2) is 0 Å². The maximum atomic E-state index is 12.6. The number of amides is 1. The quantitative estimate of drug-likeness (QED) is 0.866. The van der Waals surface area contributed by atoms with E-state index in [0.717, 1.165) is 12.1 Å². The number of nitriles is 1. The Hall–Kier alpha value is -2.11. The number of carbonyl (C=O) groups is 1. The molecule has 3 N–H and O–H groups in total. The monoisotopic (exact) mass is 299 g/mol. The molecule has 1 amide bonds. The number of benzene rings is 1. The third-order valence-electron chi connectivity index (χ3n) is 3.19. The van der Waals surface area contributed by atoms with Gasteiger partial charge in [-0.05, 0) is 18.2 Å². The van der Waals surface area contributed by atoms with Crippen molar-refractivity contribution in [2.45, 2.75) is 12.2 Å². The molecule has 112 valence electrons. The van der Waals surface area contributed by atoms with E-state index in [9.17, 15) is 18.0 Å². The molecule has 1 aliphatic heterocycles. The number of ether oxygens (including phenoxy) is 1. The van der Waals surface area contributed by atoms with Crippen LogP contribution in [0, 0.1) is 17.2 Å². The molecule has 2 atom stereocenters. The van der Waals surface area contributed by atoms with Crippen molar-refractivity contribution in [1.82, 2.24) is 0 Å². The number of carbonyl (C=O) groups excluding carboxylic acids is 1. The van der Waals surface area contributed by atoms with E-state index in [2.05, 4.69) is 5.32 Å². The predicted octanol–water partition coefficient (Wildman–Crippen LogP) is 1.49. The normalized spacial score (nSPS) is 21.9. The number of nitrogens with one attached hydrogen (secondary N) is 1. The molecule has 0 spiro atoms. The summed E-state index contributed by atoms with van der Waals surface area (Å²) in [5.74, 6) is -1.06. The van der Waals surface area contributed by atoms with Crippen LogP contribution in [-0.2, 0) is 15.7 Å². The Morgan fingerprint density at radius 2 is 2.14 bits per heavy atom. The maximum absolute atomic E-state index is 12.6. The van der Waals surface area contributed by atoms with Crippen LogP contribution in [0.1, 0.15) is 11.1 Å². The Labute approximate surface area is 118 Å². The summed E-state index contributed by atoms with van der Waals surface area (Å²) in [6.07, 6.45) is -4.55. The van der Waals surface area contributed by atoms with Crippen LogP contribution in [0.2, 0.25) is 0 Å². The SMILES string of the molecule is N#Cc1cc(C(F)(F)F)ccc1NC(=O)C1COCC1N. The van der Waals surface area contributed by atoms with E-state index in [1.54, 1.807) is 6.07 Å². The molecule has 0 bridgehead atoms. The standard InChI is InChI=1S/C13H12F3N3O2/c14-13(15,16)8-1-2-11(7(3-8)4-17)19-12(20)9-5-21-6-10(9)18/h1-3,9-10H,5-6,18H2,(H,19,20). The molecule has 0 saturated carbocycles. The van der Waals surface area contributed by atoms with Crippen molar-refractivity contribution < 1.29 is 22.7 Å². The van der Waals surface area contributed by atoms with Gasteiger partial charge in [-0.2, -0.15) is 18.4 Å². The first kappa shape index (κ1) is 15.3. The first-order valence-electron chi connectivity index (χ1n) is 6.08. The maximum Gasteiger partial charge on any atom is 0.416 e. The van der Waals surface area contributed by atoms with Gasteiger partial charge in [0.2, 0.25) is 5.91 Å². The van der Waals surface area contributed by atoms with Crippen LogP contribution in [0.4, 0.5) is 18.9 Å². The molecule has 1 fully saturated rings. The number of rotatable bonds is 2. The first-order chi connectivity index (χ1) is 9.82. The molecule has 1 aromatic rings. The Balaban J connectivity index is 2.21. The molecule has 1 aliphatic rings. The summed E-state index contributed by atoms with van der Waals surface area (Å²) in [5.41, 5.74) is 4.50. The number of nitrogens with two attached hydrogens (primary N) is 1. The van der Waals surface area contributed by atoms with E-state index in [1.165, 1.54) is 0 Å². The molecule has 8 heteroatoms. The van der Waals surface area contributed by atoms with Gasteiger partial charge in [-0.1, -0.05) is 0 Å². The van der Waals surface area contributed by atoms with Crippen LogP contribution in [-0.4, -0.2) is 25.2 Å². The Morgan fingerprint density at radius 1 is 1.43 bits per heavy atom. The predicted molar refractivity (Wildman–Crippen MR) is 67.1 cm³/mol. The molecule has 1 heterocycles. The minimum atomic E-state index is -4.55. The van der Waals surface area contributed by atoms with E-state index >= 15 is 0 Å². The topological polar surface area (TPSA) is 88.1 Å². The smallest absolute Gasteiger partial charge is 0.379 e. The van der Waals surface area contributed by atoms with Gasteiger partial charge in [0.05, 0.1) is 35.9 Å². The highest BCUT2D eigenvalue weighted by Crippen LogP contribution is 2.31. The van der Waals surface area contributed by atoms with Crippen molar-refractivity contribution in [2.75, 3.05) is 18.5 Å². The highest BCUT2D eigenvalue weighted by molar-refractivity contribution is 5.94. The number of anilines is 1. The number of alkyl halides is 3. The molecule has 2 unspecified atom stereocenters. The minimum absolute atomic E-state index is 0.0228. The van der Waals surface area contributed by atoms with Gasteiger partial charge in [0.1, 0.15) is 6.07 Å². The van der Waals surface area contributed by atoms with E-state index < -0.39 is 29.6 Å². The Kier molecular flexibility index (Phi) is 4.16. The molecular formula is C13H12F3N3O2. The van der Waals surface area contributed by atoms with Crippen LogP contribution < -0.4 is 11.1 Å². The summed E-state index contributed by atoms with van der Waals surface area (Å²) >= 11 is 0. The molecule has 21 heavy (non-hydrogen) atoms. The van der Waals surface area contributed by atoms with Gasteiger partial charge in [-0.15, -0.1) is 0 Å². The summed E-state index contributed by atoms with van der Waals surface area (Å²) in [5, 5.41) is 11.3. The Morgan fingerprint density at radius 3 is 2.67 bits per heavy atom. The van der Waals surface area contributed by atoms with Crippen molar-refractivity contribution in [3.63, 3.8) is 0 Å². The molecule has 0 aliphatic carbocycles. The lowest BCUT2D eigenvalue weighted by molar-refractivity contribution is -0.137. The third kappa shape index (κ3) is 3.32. The average Bonchev–Trinajstić information content (AvgIpc) is 2.84. The summed E-state index contributed by atoms with van der Waals surface area (Å²) in [7, 11) is 0. The molecule has 2 rings (SSSR count). The van der Waals surface area contributed by atoms with Crippen molar-refractivity contribution in [2.24, 2.45) is 11.7 Å². The summed E-state index contributed by atoms with van der Waals surface area (Å²) in [6, 6.07) is 3.73. The zero-order valence-corrected chi connectivity index (χ0v) is 10.8. The second kappa shape index (κ2) is 5.71. The summed E-state index contributed by atoms with van der Waals surface area (Å²) < 4.78 is 42.7. The minimum Gasteiger partial charge on any atom is -0.379 e. The van der Waals surface area contributed by atoms with Gasteiger partial charge >= 0.3 is 6.18 Å². The lowest BCUT2D eigenvalue weighted by Crippen LogP contribution is -2.37. The number of hydrogen-bond donors (Lipinski definition) is 2. The van der Waals surface area contributed by atoms with Gasteiger partial charge in [-0.3, -0.25) is 4.79 Å². The second-order valence-corrected chi connectivity index (χ2v) is 4.67. The highest BCUT2D eigenvalue weighted by Gasteiger charge is 2.33. The van der Waals surface area contributed by atoms with Crippen molar-refractivity contribution >= 4 is 11.6 Å². The largest absolute Gasteiger partial charge is 0.416 e. The van der Waals surface area contributed by atoms with Crippen LogP contribution in [0.5, 0.6) is 0 Å². The van der Waals surface area contributed by atoms with E-state index in [-0.39, 0.29) is 24.5 Å². The van der Waals surface area contributed by atoms with Gasteiger partial charge in [0.25, 0.3) is 0 Å². The van der Waals surface area contributed by atoms with Crippen molar-refractivity contribution in [1.29, 1.82) is 5.26 Å². The number of hydrogen-bond acceptors (Lipinski definition) is 4. The van der Waals surface area contributed by atoms with Crippen molar-refractivity contribution in [3.05, 3.63) is 29.3 Å². The van der Waals surface area contributed by atoms with E-state index in [4.69, 9.17) is 15.7 Å². The average molecular weight is 299 g/mol. The zero-order valence-electron chi connectivity index (χ0n) is 10.8. The van der Waals surface area contributed by atoms with Gasteiger partial charge in [0, 0.05) is 6.04 Å². The zero-order chi connectivity index (χ0) is 15.6. The molecule has 0 aromatic heterocycles. The number of nitrogens with zero attached hydrogens (tertiary/aromatic N) is 1. The number of halogens is 3. The molecule has 1 saturated heterocycles. The van der Waals surface area contributed by atoms with Crippen LogP contribution in [0.25, 0.3) is 0 Å². The summed E-state index contributed by atoms with van der Waals surface area (Å²) in [6.45, 7) is 0.395. The van der Waals surface area contributed by atoms with E-state index in [0.29, 0.717) is 6.07 Å². The fourth-order valence-corrected chi connectivity index (χ4v) is 1.99. The van der Waals surface area contributed by atoms with E-state index in [1.807, 2.05) is 0 Å². The van der Waals surface area contributed by atoms with Crippen LogP contribution >= 0.6 is 0 Å². The van der Waals surface area contributed by atoms with Gasteiger partial charge in [0.15, 0.2) is 0 Å². The summed E-state index contributed by atoms with van der Waals surface area (Å²) in [4.78, 5) is 12.0. The van der Waals surface area contributed by atoms with Gasteiger partial charge < -0.3 is 15.8 Å². The van der Waals surface area contributed by atoms with Crippen molar-refractivity contribution in [3.8, 4) is 6.07 Å². The molecule has 1 aromatic carbocycles. The molecule has 0 radical (unpaired) electrons. The lowest BCUT2D eigenvalue weighted by Gasteiger charge is -2.15. The van der Waals surface area contributed by atoms with Crippen LogP contribution in [0.3, 0.4) is 0 Å². The lowest BCUT2D eigenvalue weighted by atomic mass is 10.0. The fourth-order valence-electron chi connectivity index (χ4n) is 1.99. The molecule has 5 nitrogen and oxygen atoms in total.